The fraction of sp³-hybridized carbons (Fsp3) is 0.235. The first-order chi connectivity index (χ1) is 10.6. The summed E-state index contributed by atoms with van der Waals surface area (Å²) in [5.74, 6) is 0.629. The van der Waals surface area contributed by atoms with E-state index < -0.39 is 0 Å². The van der Waals surface area contributed by atoms with E-state index >= 15 is 0 Å². The molecular formula is C17H17ClN2O2. The summed E-state index contributed by atoms with van der Waals surface area (Å²) in [5.41, 5.74) is 2.25. The third kappa shape index (κ3) is 3.40. The van der Waals surface area contributed by atoms with Gasteiger partial charge in [-0.2, -0.15) is 0 Å². The lowest BCUT2D eigenvalue weighted by molar-refractivity contribution is 0.102. The number of halogens is 1. The van der Waals surface area contributed by atoms with Crippen LogP contribution in [0.5, 0.6) is 5.75 Å². The van der Waals surface area contributed by atoms with Gasteiger partial charge in [-0.05, 0) is 55.0 Å². The van der Waals surface area contributed by atoms with Crippen LogP contribution in [0.25, 0.3) is 0 Å². The monoisotopic (exact) mass is 316 g/mol. The Hall–Kier alpha value is -2.04. The van der Waals surface area contributed by atoms with Crippen molar-refractivity contribution in [1.82, 2.24) is 5.32 Å². The van der Waals surface area contributed by atoms with E-state index in [1.54, 1.807) is 24.3 Å². The number of ether oxygens (including phenoxy) is 1. The van der Waals surface area contributed by atoms with E-state index in [4.69, 9.17) is 16.3 Å². The smallest absolute Gasteiger partial charge is 0.255 e. The average Bonchev–Trinajstić information content (AvgIpc) is 2.47. The second-order valence-corrected chi connectivity index (χ2v) is 5.75. The molecule has 2 aromatic carbocycles. The molecule has 22 heavy (non-hydrogen) atoms. The molecule has 1 amide bonds. The highest BCUT2D eigenvalue weighted by atomic mass is 35.5. The number of carbonyl (C=O) groups excluding carboxylic acids is 1. The van der Waals surface area contributed by atoms with Crippen LogP contribution < -0.4 is 15.4 Å². The molecule has 0 aromatic heterocycles. The number of benzene rings is 2. The lowest BCUT2D eigenvalue weighted by Gasteiger charge is -2.27. The quantitative estimate of drug-likeness (QED) is 0.910. The zero-order chi connectivity index (χ0) is 15.5. The molecule has 0 aliphatic carbocycles. The van der Waals surface area contributed by atoms with Gasteiger partial charge < -0.3 is 15.4 Å². The zero-order valence-corrected chi connectivity index (χ0v) is 13.0. The molecule has 1 fully saturated rings. The molecule has 2 N–H and O–H groups in total. The molecule has 4 nitrogen and oxygen atoms in total. The number of anilines is 1. The van der Waals surface area contributed by atoms with Gasteiger partial charge in [-0.15, -0.1) is 0 Å². The maximum atomic E-state index is 12.2. The van der Waals surface area contributed by atoms with Crippen LogP contribution >= 0.6 is 11.6 Å². The molecule has 1 saturated heterocycles. The van der Waals surface area contributed by atoms with Crippen molar-refractivity contribution in [2.75, 3.05) is 18.4 Å². The van der Waals surface area contributed by atoms with Gasteiger partial charge in [-0.25, -0.2) is 0 Å². The molecule has 0 radical (unpaired) electrons. The third-order valence-electron chi connectivity index (χ3n) is 3.58. The fourth-order valence-electron chi connectivity index (χ4n) is 2.15. The standard InChI is InChI=1S/C17H17ClN2O2/c1-11-8-13(4-7-16(11)18)20-17(21)12-2-5-14(6-3-12)22-15-9-19-10-15/h2-8,15,19H,9-10H2,1H3,(H,20,21). The summed E-state index contributed by atoms with van der Waals surface area (Å²) < 4.78 is 5.72. The second kappa shape index (κ2) is 6.38. The first-order valence-electron chi connectivity index (χ1n) is 7.17. The molecular weight excluding hydrogens is 300 g/mol. The fourth-order valence-corrected chi connectivity index (χ4v) is 2.27. The van der Waals surface area contributed by atoms with Gasteiger partial charge in [0.05, 0.1) is 0 Å². The van der Waals surface area contributed by atoms with Crippen LogP contribution in [0, 0.1) is 6.92 Å². The van der Waals surface area contributed by atoms with Crippen molar-refractivity contribution in [3.8, 4) is 5.75 Å². The van der Waals surface area contributed by atoms with Crippen molar-refractivity contribution in [3.63, 3.8) is 0 Å². The summed E-state index contributed by atoms with van der Waals surface area (Å²) in [6.07, 6.45) is 0.233. The Kier molecular flexibility index (Phi) is 4.32. The Morgan fingerprint density at radius 1 is 1.23 bits per heavy atom. The third-order valence-corrected chi connectivity index (χ3v) is 4.00. The number of amides is 1. The highest BCUT2D eigenvalue weighted by Gasteiger charge is 2.18. The molecule has 3 rings (SSSR count). The molecule has 1 aliphatic rings. The summed E-state index contributed by atoms with van der Waals surface area (Å²) in [6.45, 7) is 3.65. The molecule has 1 aliphatic heterocycles. The van der Waals surface area contributed by atoms with Crippen LogP contribution in [0.1, 0.15) is 15.9 Å². The highest BCUT2D eigenvalue weighted by Crippen LogP contribution is 2.20. The van der Waals surface area contributed by atoms with Crippen molar-refractivity contribution in [2.24, 2.45) is 0 Å². The van der Waals surface area contributed by atoms with E-state index in [1.807, 2.05) is 25.1 Å². The minimum Gasteiger partial charge on any atom is -0.488 e. The Morgan fingerprint density at radius 3 is 2.55 bits per heavy atom. The van der Waals surface area contributed by atoms with Gasteiger partial charge in [0.1, 0.15) is 11.9 Å². The van der Waals surface area contributed by atoms with Crippen LogP contribution in [0.3, 0.4) is 0 Å². The van der Waals surface area contributed by atoms with Gasteiger partial charge in [-0.1, -0.05) is 11.6 Å². The minimum atomic E-state index is -0.154. The lowest BCUT2D eigenvalue weighted by atomic mass is 10.1. The van der Waals surface area contributed by atoms with Gasteiger partial charge in [0.2, 0.25) is 0 Å². The summed E-state index contributed by atoms with van der Waals surface area (Å²) in [4.78, 5) is 12.2. The first-order valence-corrected chi connectivity index (χ1v) is 7.54. The van der Waals surface area contributed by atoms with Crippen molar-refractivity contribution in [2.45, 2.75) is 13.0 Å². The summed E-state index contributed by atoms with van der Waals surface area (Å²) >= 11 is 5.98. The number of hydrogen-bond acceptors (Lipinski definition) is 3. The lowest BCUT2D eigenvalue weighted by Crippen LogP contribution is -2.50. The van der Waals surface area contributed by atoms with E-state index in [0.29, 0.717) is 10.6 Å². The molecule has 0 bridgehead atoms. The molecule has 0 atom stereocenters. The van der Waals surface area contributed by atoms with Crippen molar-refractivity contribution < 1.29 is 9.53 Å². The van der Waals surface area contributed by atoms with E-state index in [-0.39, 0.29) is 12.0 Å². The predicted molar refractivity (Wildman–Crippen MR) is 87.9 cm³/mol. The molecule has 114 valence electrons. The van der Waals surface area contributed by atoms with E-state index in [9.17, 15) is 4.79 Å². The topological polar surface area (TPSA) is 50.4 Å². The summed E-state index contributed by atoms with van der Waals surface area (Å²) in [5, 5.41) is 6.69. The van der Waals surface area contributed by atoms with E-state index in [1.165, 1.54) is 0 Å². The summed E-state index contributed by atoms with van der Waals surface area (Å²) in [7, 11) is 0. The Morgan fingerprint density at radius 2 is 1.95 bits per heavy atom. The van der Waals surface area contributed by atoms with Gasteiger partial charge in [0.15, 0.2) is 0 Å². The maximum Gasteiger partial charge on any atom is 0.255 e. The minimum absolute atomic E-state index is 0.154. The van der Waals surface area contributed by atoms with Crippen LogP contribution in [0.2, 0.25) is 5.02 Å². The van der Waals surface area contributed by atoms with Crippen LogP contribution in [0.15, 0.2) is 42.5 Å². The largest absolute Gasteiger partial charge is 0.488 e. The van der Waals surface area contributed by atoms with Crippen LogP contribution in [-0.4, -0.2) is 25.1 Å². The Labute approximate surface area is 134 Å². The normalized spacial score (nSPS) is 14.3. The predicted octanol–water partition coefficient (Wildman–Crippen LogP) is 3.25. The van der Waals surface area contributed by atoms with Gasteiger partial charge in [-0.3, -0.25) is 4.79 Å². The maximum absolute atomic E-state index is 12.2. The molecule has 5 heteroatoms. The van der Waals surface area contributed by atoms with E-state index in [2.05, 4.69) is 10.6 Å². The van der Waals surface area contributed by atoms with Gasteiger partial charge >= 0.3 is 0 Å². The summed E-state index contributed by atoms with van der Waals surface area (Å²) in [6, 6.07) is 12.6. The Bertz CT molecular complexity index is 682. The van der Waals surface area contributed by atoms with Crippen molar-refractivity contribution >= 4 is 23.2 Å². The molecule has 0 unspecified atom stereocenters. The van der Waals surface area contributed by atoms with Crippen molar-refractivity contribution in [1.29, 1.82) is 0 Å². The molecule has 2 aromatic rings. The number of aryl methyl sites for hydroxylation is 1. The SMILES string of the molecule is Cc1cc(NC(=O)c2ccc(OC3CNC3)cc2)ccc1Cl. The molecule has 0 spiro atoms. The zero-order valence-electron chi connectivity index (χ0n) is 12.2. The molecule has 1 heterocycles. The number of carbonyl (C=O) groups is 1. The first kappa shape index (κ1) is 14.9. The number of rotatable bonds is 4. The van der Waals surface area contributed by atoms with Gasteiger partial charge in [0.25, 0.3) is 5.91 Å². The molecule has 0 saturated carbocycles. The van der Waals surface area contributed by atoms with Crippen LogP contribution in [-0.2, 0) is 0 Å². The average molecular weight is 317 g/mol. The van der Waals surface area contributed by atoms with Gasteiger partial charge in [0, 0.05) is 29.4 Å². The number of nitrogens with one attached hydrogen (secondary N) is 2. The highest BCUT2D eigenvalue weighted by molar-refractivity contribution is 6.31. The Balaban J connectivity index is 1.64. The second-order valence-electron chi connectivity index (χ2n) is 5.34. The van der Waals surface area contributed by atoms with Crippen molar-refractivity contribution in [3.05, 3.63) is 58.6 Å². The number of hydrogen-bond donors (Lipinski definition) is 2. The van der Waals surface area contributed by atoms with E-state index in [0.717, 1.165) is 30.1 Å². The van der Waals surface area contributed by atoms with Crippen LogP contribution in [0.4, 0.5) is 5.69 Å².